The number of esters is 1. The van der Waals surface area contributed by atoms with Gasteiger partial charge in [0.05, 0.1) is 36.7 Å². The summed E-state index contributed by atoms with van der Waals surface area (Å²) in [5.41, 5.74) is 1.10. The van der Waals surface area contributed by atoms with Gasteiger partial charge in [-0.3, -0.25) is 4.79 Å². The monoisotopic (exact) mass is 396 g/mol. The van der Waals surface area contributed by atoms with Gasteiger partial charge < -0.3 is 23.9 Å². The van der Waals surface area contributed by atoms with E-state index in [1.807, 2.05) is 0 Å². The number of fused-ring (bicyclic) bond motifs is 1. The van der Waals surface area contributed by atoms with E-state index in [0.29, 0.717) is 34.4 Å². The van der Waals surface area contributed by atoms with Crippen molar-refractivity contribution in [1.29, 1.82) is 0 Å². The Morgan fingerprint density at radius 1 is 1.14 bits per heavy atom. The summed E-state index contributed by atoms with van der Waals surface area (Å²) in [5, 5.41) is 10.7. The Labute approximate surface area is 167 Å². The lowest BCUT2D eigenvalue weighted by molar-refractivity contribution is -0.901. The molecule has 0 radical (unpaired) electrons. The van der Waals surface area contributed by atoms with Crippen LogP contribution < -0.4 is 15.1 Å². The third-order valence-electron chi connectivity index (χ3n) is 5.23. The Balaban J connectivity index is 1.65. The van der Waals surface area contributed by atoms with E-state index < -0.39 is 5.97 Å². The Hall–Kier alpha value is -3.32. The van der Waals surface area contributed by atoms with Crippen molar-refractivity contribution in [3.63, 3.8) is 0 Å². The Morgan fingerprint density at radius 2 is 1.86 bits per heavy atom. The molecule has 2 aromatic carbocycles. The van der Waals surface area contributed by atoms with Crippen molar-refractivity contribution < 1.29 is 28.7 Å². The first-order valence-electron chi connectivity index (χ1n) is 9.53. The number of carbonyl (C=O) groups excluding carboxylic acids is 1. The molecule has 0 unspecified atom stereocenters. The molecule has 0 saturated carbocycles. The van der Waals surface area contributed by atoms with E-state index in [1.165, 1.54) is 24.3 Å². The van der Waals surface area contributed by atoms with Gasteiger partial charge in [0.15, 0.2) is 5.58 Å². The molecular formula is C22H22NO6+. The summed E-state index contributed by atoms with van der Waals surface area (Å²) in [6.07, 6.45) is 3.59. The highest BCUT2D eigenvalue weighted by atomic mass is 16.5. The SMILES string of the molecule is COC(=O)c1ccc(Oc2coc3c(C[NH+]4CCCC4)c(O)ccc3c2=O)cc1. The summed E-state index contributed by atoms with van der Waals surface area (Å²) < 4.78 is 16.1. The summed E-state index contributed by atoms with van der Waals surface area (Å²) in [7, 11) is 1.31. The largest absolute Gasteiger partial charge is 0.507 e. The predicted molar refractivity (Wildman–Crippen MR) is 106 cm³/mol. The molecular weight excluding hydrogens is 374 g/mol. The first-order valence-corrected chi connectivity index (χ1v) is 9.53. The van der Waals surface area contributed by atoms with E-state index in [2.05, 4.69) is 4.74 Å². The second-order valence-electron chi connectivity index (χ2n) is 7.12. The van der Waals surface area contributed by atoms with Gasteiger partial charge in [0.25, 0.3) is 0 Å². The second kappa shape index (κ2) is 7.97. The Kier molecular flexibility index (Phi) is 5.22. The molecule has 29 heavy (non-hydrogen) atoms. The van der Waals surface area contributed by atoms with E-state index in [4.69, 9.17) is 9.15 Å². The van der Waals surface area contributed by atoms with Gasteiger partial charge in [0, 0.05) is 12.8 Å². The number of hydrogen-bond acceptors (Lipinski definition) is 6. The number of aromatic hydroxyl groups is 1. The molecule has 0 atom stereocenters. The first kappa shape index (κ1) is 19.0. The second-order valence-corrected chi connectivity index (χ2v) is 7.12. The number of rotatable bonds is 5. The van der Waals surface area contributed by atoms with E-state index >= 15 is 0 Å². The van der Waals surface area contributed by atoms with Crippen molar-refractivity contribution in [3.8, 4) is 17.2 Å². The standard InChI is InChI=1S/C22H21NO6/c1-27-22(26)14-4-6-15(7-5-14)29-19-13-28-21-16(20(19)25)8-9-18(24)17(21)12-23-10-2-3-11-23/h4-9,13,24H,2-3,10-12H2,1H3/p+1. The van der Waals surface area contributed by atoms with Crippen LogP contribution in [0, 0.1) is 0 Å². The van der Waals surface area contributed by atoms with Crippen LogP contribution in [-0.4, -0.2) is 31.3 Å². The number of likely N-dealkylation sites (tertiary alicyclic amines) is 1. The number of hydrogen-bond donors (Lipinski definition) is 2. The highest BCUT2D eigenvalue weighted by Crippen LogP contribution is 2.28. The summed E-state index contributed by atoms with van der Waals surface area (Å²) in [4.78, 5) is 25.8. The summed E-state index contributed by atoms with van der Waals surface area (Å²) in [6, 6.07) is 9.34. The number of phenolic OH excluding ortho intramolecular Hbond substituents is 1. The fourth-order valence-corrected chi connectivity index (χ4v) is 3.68. The van der Waals surface area contributed by atoms with Gasteiger partial charge in [-0.1, -0.05) is 0 Å². The zero-order chi connectivity index (χ0) is 20.4. The number of ether oxygens (including phenoxy) is 2. The van der Waals surface area contributed by atoms with Gasteiger partial charge in [-0.25, -0.2) is 4.79 Å². The average Bonchev–Trinajstić information content (AvgIpc) is 3.25. The van der Waals surface area contributed by atoms with Crippen molar-refractivity contribution in [2.45, 2.75) is 19.4 Å². The van der Waals surface area contributed by atoms with Gasteiger partial charge in [0.1, 0.15) is 24.3 Å². The third kappa shape index (κ3) is 3.82. The molecule has 150 valence electrons. The first-order chi connectivity index (χ1) is 14.1. The summed E-state index contributed by atoms with van der Waals surface area (Å²) >= 11 is 0. The molecule has 1 saturated heterocycles. The van der Waals surface area contributed by atoms with Gasteiger partial charge >= 0.3 is 5.97 Å². The van der Waals surface area contributed by atoms with E-state index in [9.17, 15) is 14.7 Å². The normalized spacial score (nSPS) is 14.2. The maximum absolute atomic E-state index is 12.9. The number of benzene rings is 2. The molecule has 2 N–H and O–H groups in total. The van der Waals surface area contributed by atoms with E-state index in [0.717, 1.165) is 25.9 Å². The smallest absolute Gasteiger partial charge is 0.337 e. The number of carbonyl (C=O) groups is 1. The van der Waals surface area contributed by atoms with Crippen LogP contribution in [0.5, 0.6) is 17.2 Å². The van der Waals surface area contributed by atoms with E-state index in [1.54, 1.807) is 30.3 Å². The van der Waals surface area contributed by atoms with Crippen molar-refractivity contribution in [3.05, 3.63) is 64.0 Å². The van der Waals surface area contributed by atoms with Crippen LogP contribution in [0.3, 0.4) is 0 Å². The van der Waals surface area contributed by atoms with Crippen LogP contribution in [0.1, 0.15) is 28.8 Å². The van der Waals surface area contributed by atoms with Crippen LogP contribution in [0.15, 0.2) is 51.9 Å². The van der Waals surface area contributed by atoms with Gasteiger partial charge in [-0.15, -0.1) is 0 Å². The van der Waals surface area contributed by atoms with E-state index in [-0.39, 0.29) is 16.9 Å². The zero-order valence-electron chi connectivity index (χ0n) is 16.1. The van der Waals surface area contributed by atoms with Crippen molar-refractivity contribution >= 4 is 16.9 Å². The quantitative estimate of drug-likeness (QED) is 0.643. The number of phenols is 1. The molecule has 1 aliphatic rings. The molecule has 1 fully saturated rings. The molecule has 0 bridgehead atoms. The average molecular weight is 396 g/mol. The number of nitrogens with one attached hydrogen (secondary N) is 1. The number of methoxy groups -OCH3 is 1. The third-order valence-corrected chi connectivity index (χ3v) is 5.23. The van der Waals surface area contributed by atoms with Gasteiger partial charge in [-0.2, -0.15) is 0 Å². The lowest BCUT2D eigenvalue weighted by atomic mass is 10.1. The molecule has 7 nitrogen and oxygen atoms in total. The topological polar surface area (TPSA) is 90.4 Å². The Bertz CT molecular complexity index is 1100. The molecule has 0 spiro atoms. The fraction of sp³-hybridized carbons (Fsp3) is 0.273. The molecule has 1 aliphatic heterocycles. The lowest BCUT2D eigenvalue weighted by Gasteiger charge is -2.14. The minimum atomic E-state index is -0.450. The maximum Gasteiger partial charge on any atom is 0.337 e. The molecule has 2 heterocycles. The van der Waals surface area contributed by atoms with Crippen molar-refractivity contribution in [2.24, 2.45) is 0 Å². The van der Waals surface area contributed by atoms with Crippen LogP contribution >= 0.6 is 0 Å². The van der Waals surface area contributed by atoms with Crippen LogP contribution in [-0.2, 0) is 11.3 Å². The molecule has 0 aliphatic carbocycles. The maximum atomic E-state index is 12.9. The summed E-state index contributed by atoms with van der Waals surface area (Å²) in [5.74, 6) is 0.111. The lowest BCUT2D eigenvalue weighted by Crippen LogP contribution is -3.08. The molecule has 4 rings (SSSR count). The number of quaternary nitrogens is 1. The zero-order valence-corrected chi connectivity index (χ0v) is 16.1. The fourth-order valence-electron chi connectivity index (χ4n) is 3.68. The highest BCUT2D eigenvalue weighted by molar-refractivity contribution is 5.89. The predicted octanol–water partition coefficient (Wildman–Crippen LogP) is 2.26. The Morgan fingerprint density at radius 3 is 2.55 bits per heavy atom. The van der Waals surface area contributed by atoms with Gasteiger partial charge in [-0.05, 0) is 36.4 Å². The van der Waals surface area contributed by atoms with Gasteiger partial charge in [0.2, 0.25) is 11.2 Å². The van der Waals surface area contributed by atoms with Crippen LogP contribution in [0.2, 0.25) is 0 Å². The molecule has 1 aromatic heterocycles. The summed E-state index contributed by atoms with van der Waals surface area (Å²) in [6.45, 7) is 2.70. The van der Waals surface area contributed by atoms with Crippen LogP contribution in [0.4, 0.5) is 0 Å². The minimum Gasteiger partial charge on any atom is -0.507 e. The molecule has 3 aromatic rings. The minimum absolute atomic E-state index is 0.0356. The molecule has 7 heteroatoms. The van der Waals surface area contributed by atoms with Crippen LogP contribution in [0.25, 0.3) is 11.0 Å². The van der Waals surface area contributed by atoms with Crippen molar-refractivity contribution in [2.75, 3.05) is 20.2 Å². The molecule has 0 amide bonds. The van der Waals surface area contributed by atoms with Crippen molar-refractivity contribution in [1.82, 2.24) is 0 Å². The highest BCUT2D eigenvalue weighted by Gasteiger charge is 2.22.